The molecule has 1 fully saturated rings. The lowest BCUT2D eigenvalue weighted by Crippen LogP contribution is -2.32. The van der Waals surface area contributed by atoms with Gasteiger partial charge in [-0.25, -0.2) is 0 Å². The predicted molar refractivity (Wildman–Crippen MR) is 102 cm³/mol. The van der Waals surface area contributed by atoms with Crippen molar-refractivity contribution in [3.63, 3.8) is 0 Å². The Bertz CT molecular complexity index is 528. The Morgan fingerprint density at radius 1 is 1.29 bits per heavy atom. The van der Waals surface area contributed by atoms with Crippen molar-refractivity contribution >= 4 is 24.0 Å². The maximum Gasteiger partial charge on any atom is 0.224 e. The Morgan fingerprint density at radius 3 is 2.54 bits per heavy atom. The summed E-state index contributed by atoms with van der Waals surface area (Å²) in [7, 11) is 0. The topological polar surface area (TPSA) is 50.4 Å². The molecule has 0 bridgehead atoms. The van der Waals surface area contributed by atoms with Gasteiger partial charge in [0.05, 0.1) is 6.10 Å². The zero-order chi connectivity index (χ0) is 16.8. The summed E-state index contributed by atoms with van der Waals surface area (Å²) in [6, 6.07) is 5.82. The van der Waals surface area contributed by atoms with E-state index in [0.29, 0.717) is 18.3 Å². The second kappa shape index (κ2) is 9.90. The van der Waals surface area contributed by atoms with E-state index < -0.39 is 0 Å². The molecule has 1 aliphatic heterocycles. The van der Waals surface area contributed by atoms with Crippen molar-refractivity contribution in [2.24, 2.45) is 11.8 Å². The lowest BCUT2D eigenvalue weighted by atomic mass is 9.84. The first-order valence-corrected chi connectivity index (χ1v) is 8.73. The first-order valence-electron chi connectivity index (χ1n) is 8.73. The van der Waals surface area contributed by atoms with Gasteiger partial charge >= 0.3 is 0 Å². The summed E-state index contributed by atoms with van der Waals surface area (Å²) in [5, 5.41) is 6.40. The average Bonchev–Trinajstić information content (AvgIpc) is 2.50. The summed E-state index contributed by atoms with van der Waals surface area (Å²) in [4.78, 5) is 12.3. The third-order valence-electron chi connectivity index (χ3n) is 4.52. The number of carbonyl (C=O) groups excluding carboxylic acids is 1. The number of nitrogens with one attached hydrogen (secondary N) is 2. The number of anilines is 1. The quantitative estimate of drug-likeness (QED) is 0.806. The summed E-state index contributed by atoms with van der Waals surface area (Å²) in [5.41, 5.74) is 1.89. The van der Waals surface area contributed by atoms with Gasteiger partial charge in [0.15, 0.2) is 0 Å². The van der Waals surface area contributed by atoms with E-state index in [1.165, 1.54) is 12.8 Å². The second-order valence-corrected chi connectivity index (χ2v) is 6.96. The average molecular weight is 355 g/mol. The minimum atomic E-state index is 0. The number of benzene rings is 1. The smallest absolute Gasteiger partial charge is 0.224 e. The molecule has 0 spiro atoms. The summed E-state index contributed by atoms with van der Waals surface area (Å²) >= 11 is 0. The number of piperidine rings is 1. The van der Waals surface area contributed by atoms with Gasteiger partial charge in [-0.3, -0.25) is 4.79 Å². The number of ether oxygens (including phenoxy) is 1. The van der Waals surface area contributed by atoms with Crippen molar-refractivity contribution in [3.8, 4) is 5.75 Å². The molecule has 1 amide bonds. The van der Waals surface area contributed by atoms with Gasteiger partial charge in [0.1, 0.15) is 5.75 Å². The van der Waals surface area contributed by atoms with Crippen LogP contribution in [0.3, 0.4) is 0 Å². The molecule has 1 aromatic rings. The number of aryl methyl sites for hydroxylation is 1. The highest BCUT2D eigenvalue weighted by Crippen LogP contribution is 2.26. The first-order chi connectivity index (χ1) is 11.0. The molecule has 0 aromatic heterocycles. The van der Waals surface area contributed by atoms with Crippen molar-refractivity contribution in [1.29, 1.82) is 0 Å². The predicted octanol–water partition coefficient (Wildman–Crippen LogP) is 4.17. The molecule has 1 heterocycles. The van der Waals surface area contributed by atoms with Gasteiger partial charge in [-0.05, 0) is 82.3 Å². The van der Waals surface area contributed by atoms with Crippen LogP contribution in [0, 0.1) is 18.8 Å². The van der Waals surface area contributed by atoms with Gasteiger partial charge < -0.3 is 15.4 Å². The molecule has 2 rings (SSSR count). The lowest BCUT2D eigenvalue weighted by Gasteiger charge is -2.27. The van der Waals surface area contributed by atoms with Gasteiger partial charge in [0, 0.05) is 12.1 Å². The Kier molecular flexibility index (Phi) is 8.57. The molecule has 1 atom stereocenters. The summed E-state index contributed by atoms with van der Waals surface area (Å²) in [5.74, 6) is 2.07. The van der Waals surface area contributed by atoms with E-state index >= 15 is 0 Å². The van der Waals surface area contributed by atoms with Crippen LogP contribution >= 0.6 is 12.4 Å². The van der Waals surface area contributed by atoms with Crippen LogP contribution in [0.2, 0.25) is 0 Å². The molecular weight excluding hydrogens is 324 g/mol. The largest absolute Gasteiger partial charge is 0.491 e. The number of amides is 1. The second-order valence-electron chi connectivity index (χ2n) is 6.96. The van der Waals surface area contributed by atoms with E-state index in [4.69, 9.17) is 4.74 Å². The van der Waals surface area contributed by atoms with Crippen molar-refractivity contribution < 1.29 is 9.53 Å². The monoisotopic (exact) mass is 354 g/mol. The number of carbonyl (C=O) groups is 1. The molecule has 24 heavy (non-hydrogen) atoms. The molecule has 0 saturated carbocycles. The van der Waals surface area contributed by atoms with E-state index in [-0.39, 0.29) is 24.4 Å². The van der Waals surface area contributed by atoms with Crippen LogP contribution in [0.25, 0.3) is 0 Å². The normalized spacial score (nSPS) is 16.4. The highest BCUT2D eigenvalue weighted by Gasteiger charge is 2.22. The molecule has 0 aliphatic carbocycles. The number of halogens is 1. The molecule has 4 nitrogen and oxygen atoms in total. The van der Waals surface area contributed by atoms with Gasteiger partial charge in [-0.1, -0.05) is 6.92 Å². The van der Waals surface area contributed by atoms with Gasteiger partial charge in [0.2, 0.25) is 5.91 Å². The number of hydrogen-bond donors (Lipinski definition) is 2. The molecule has 1 unspecified atom stereocenters. The molecular formula is C19H31ClN2O2. The van der Waals surface area contributed by atoms with Crippen LogP contribution < -0.4 is 15.4 Å². The molecule has 1 saturated heterocycles. The Hall–Kier alpha value is -1.26. The third-order valence-corrected chi connectivity index (χ3v) is 4.52. The number of hydrogen-bond acceptors (Lipinski definition) is 3. The number of rotatable bonds is 6. The van der Waals surface area contributed by atoms with Crippen molar-refractivity contribution in [3.05, 3.63) is 23.8 Å². The maximum atomic E-state index is 12.3. The summed E-state index contributed by atoms with van der Waals surface area (Å²) < 4.78 is 5.73. The van der Waals surface area contributed by atoms with Crippen LogP contribution in [0.1, 0.15) is 45.6 Å². The molecule has 1 aromatic carbocycles. The minimum Gasteiger partial charge on any atom is -0.491 e. The SMILES string of the molecule is Cc1cc(NC(=O)CC(C)C2CCNCC2)ccc1OC(C)C.Cl. The van der Waals surface area contributed by atoms with Crippen molar-refractivity contribution in [2.45, 2.75) is 53.1 Å². The standard InChI is InChI=1S/C19H30N2O2.ClH/c1-13(2)23-18-6-5-17(11-15(18)4)21-19(22)12-14(3)16-7-9-20-10-8-16;/h5-6,11,13-14,16,20H,7-10,12H2,1-4H3,(H,21,22);1H. The van der Waals surface area contributed by atoms with Crippen LogP contribution in [0.5, 0.6) is 5.75 Å². The fourth-order valence-corrected chi connectivity index (χ4v) is 3.20. The molecule has 136 valence electrons. The zero-order valence-corrected chi connectivity index (χ0v) is 16.0. The summed E-state index contributed by atoms with van der Waals surface area (Å²) in [6.45, 7) is 10.4. The summed E-state index contributed by atoms with van der Waals surface area (Å²) in [6.07, 6.45) is 3.09. The Labute approximate surface area is 152 Å². The fourth-order valence-electron chi connectivity index (χ4n) is 3.20. The first kappa shape index (κ1) is 20.8. The fraction of sp³-hybridized carbons (Fsp3) is 0.632. The van der Waals surface area contributed by atoms with Gasteiger partial charge in [0.25, 0.3) is 0 Å². The van der Waals surface area contributed by atoms with E-state index in [2.05, 4.69) is 17.6 Å². The van der Waals surface area contributed by atoms with E-state index in [0.717, 1.165) is 30.1 Å². The van der Waals surface area contributed by atoms with Gasteiger partial charge in [-0.2, -0.15) is 0 Å². The minimum absolute atomic E-state index is 0. The maximum absolute atomic E-state index is 12.3. The molecule has 2 N–H and O–H groups in total. The molecule has 5 heteroatoms. The highest BCUT2D eigenvalue weighted by atomic mass is 35.5. The van der Waals surface area contributed by atoms with Crippen LogP contribution in [-0.4, -0.2) is 25.1 Å². The van der Waals surface area contributed by atoms with Crippen LogP contribution in [0.15, 0.2) is 18.2 Å². The third kappa shape index (κ3) is 6.33. The molecule has 0 radical (unpaired) electrons. The van der Waals surface area contributed by atoms with Crippen LogP contribution in [-0.2, 0) is 4.79 Å². The van der Waals surface area contributed by atoms with E-state index in [1.807, 2.05) is 39.0 Å². The van der Waals surface area contributed by atoms with Gasteiger partial charge in [-0.15, -0.1) is 12.4 Å². The van der Waals surface area contributed by atoms with E-state index in [9.17, 15) is 4.79 Å². The van der Waals surface area contributed by atoms with E-state index in [1.54, 1.807) is 0 Å². The lowest BCUT2D eigenvalue weighted by molar-refractivity contribution is -0.117. The Balaban J connectivity index is 0.00000288. The molecule has 1 aliphatic rings. The van der Waals surface area contributed by atoms with Crippen LogP contribution in [0.4, 0.5) is 5.69 Å². The zero-order valence-electron chi connectivity index (χ0n) is 15.2. The highest BCUT2D eigenvalue weighted by molar-refractivity contribution is 5.91. The van der Waals surface area contributed by atoms with Crippen molar-refractivity contribution in [1.82, 2.24) is 5.32 Å². The van der Waals surface area contributed by atoms with Crippen molar-refractivity contribution in [2.75, 3.05) is 18.4 Å². The Morgan fingerprint density at radius 2 is 1.96 bits per heavy atom.